The highest BCUT2D eigenvalue weighted by Crippen LogP contribution is 2.30. The normalized spacial score (nSPS) is 17.0. The first-order valence-corrected chi connectivity index (χ1v) is 13.7. The lowest BCUT2D eigenvalue weighted by atomic mass is 9.95. The molecule has 0 bridgehead atoms. The number of ether oxygens (including phenoxy) is 1. The number of halogens is 3. The van der Waals surface area contributed by atoms with Gasteiger partial charge in [-0.3, -0.25) is 24.1 Å². The summed E-state index contributed by atoms with van der Waals surface area (Å²) in [6.45, 7) is 4.07. The van der Waals surface area contributed by atoms with Gasteiger partial charge in [0.25, 0.3) is 5.89 Å². The number of imidazole rings is 1. The van der Waals surface area contributed by atoms with Crippen LogP contribution in [0.5, 0.6) is 0 Å². The first kappa shape index (κ1) is 26.6. The minimum absolute atomic E-state index is 0.0807. The van der Waals surface area contributed by atoms with Crippen molar-refractivity contribution >= 4 is 11.0 Å². The zero-order valence-corrected chi connectivity index (χ0v) is 22.4. The second kappa shape index (κ2) is 10.8. The second-order valence-electron chi connectivity index (χ2n) is 10.7. The average Bonchev–Trinajstić information content (AvgIpc) is 3.72. The summed E-state index contributed by atoms with van der Waals surface area (Å²) in [5.41, 5.74) is 2.66. The zero-order chi connectivity index (χ0) is 28.8. The van der Waals surface area contributed by atoms with Gasteiger partial charge in [0, 0.05) is 36.1 Å². The first-order chi connectivity index (χ1) is 20.4. The van der Waals surface area contributed by atoms with Gasteiger partial charge in [-0.1, -0.05) is 0 Å². The van der Waals surface area contributed by atoms with Crippen LogP contribution in [0.1, 0.15) is 30.9 Å². The van der Waals surface area contributed by atoms with Crippen LogP contribution in [0.25, 0.3) is 33.6 Å². The van der Waals surface area contributed by atoms with E-state index in [1.807, 2.05) is 0 Å². The number of H-pyrrole nitrogens is 1. The molecule has 2 aliphatic rings. The molecular weight excluding hydrogens is 553 g/mol. The van der Waals surface area contributed by atoms with Crippen LogP contribution in [0.3, 0.4) is 0 Å². The third-order valence-corrected chi connectivity index (χ3v) is 8.16. The van der Waals surface area contributed by atoms with Crippen LogP contribution in [0.2, 0.25) is 0 Å². The predicted octanol–water partition coefficient (Wildman–Crippen LogP) is 3.87. The Morgan fingerprint density at radius 2 is 1.83 bits per heavy atom. The number of pyridine rings is 1. The number of hydrogen-bond donors (Lipinski definition) is 1. The Morgan fingerprint density at radius 3 is 2.48 bits per heavy atom. The van der Waals surface area contributed by atoms with E-state index < -0.39 is 18.1 Å². The number of hydrogen-bond acceptors (Lipinski definition) is 8. The quantitative estimate of drug-likeness (QED) is 0.294. The SMILES string of the molecule is O=c1n(Cc2ccc(-c3nnc(C(F)F)o3)cn2)c2cc(F)c(-c3cn[nH]c3)cc2n1CC1CCN(C2COC2)CC1. The predicted molar refractivity (Wildman–Crippen MR) is 144 cm³/mol. The molecule has 11 nitrogen and oxygen atoms in total. The van der Waals surface area contributed by atoms with Crippen LogP contribution in [0.4, 0.5) is 13.2 Å². The van der Waals surface area contributed by atoms with E-state index in [2.05, 4.69) is 30.3 Å². The van der Waals surface area contributed by atoms with Crippen molar-refractivity contribution in [2.75, 3.05) is 26.3 Å². The van der Waals surface area contributed by atoms with Crippen LogP contribution < -0.4 is 5.69 Å². The number of nitrogens with zero attached hydrogens (tertiary/aromatic N) is 7. The summed E-state index contributed by atoms with van der Waals surface area (Å²) in [6, 6.07) is 6.83. The van der Waals surface area contributed by atoms with Crippen molar-refractivity contribution in [3.8, 4) is 22.6 Å². The van der Waals surface area contributed by atoms with Crippen LogP contribution >= 0.6 is 0 Å². The van der Waals surface area contributed by atoms with Gasteiger partial charge in [-0.25, -0.2) is 9.18 Å². The van der Waals surface area contributed by atoms with Gasteiger partial charge in [-0.2, -0.15) is 13.9 Å². The molecule has 1 N–H and O–H groups in total. The third kappa shape index (κ3) is 4.90. The van der Waals surface area contributed by atoms with E-state index in [1.165, 1.54) is 16.8 Å². The summed E-state index contributed by atoms with van der Waals surface area (Å²) in [5.74, 6) is -1.03. The number of rotatable bonds is 8. The lowest BCUT2D eigenvalue weighted by molar-refractivity contribution is -0.0742. The minimum Gasteiger partial charge on any atom is -0.415 e. The van der Waals surface area contributed by atoms with Crippen LogP contribution in [0.15, 0.2) is 52.1 Å². The third-order valence-electron chi connectivity index (χ3n) is 8.16. The number of nitrogens with one attached hydrogen (secondary N) is 1. The molecule has 6 heterocycles. The summed E-state index contributed by atoms with van der Waals surface area (Å²) >= 11 is 0. The topological polar surface area (TPSA) is 120 Å². The second-order valence-corrected chi connectivity index (χ2v) is 10.7. The molecule has 2 fully saturated rings. The Morgan fingerprint density at radius 1 is 1.02 bits per heavy atom. The summed E-state index contributed by atoms with van der Waals surface area (Å²) in [6.07, 6.45) is 3.61. The molecular formula is C28H27F3N8O3. The fourth-order valence-corrected chi connectivity index (χ4v) is 5.72. The number of alkyl halides is 2. The van der Waals surface area contributed by atoms with Crippen LogP contribution in [-0.2, 0) is 17.8 Å². The van der Waals surface area contributed by atoms with Gasteiger partial charge < -0.3 is 9.15 Å². The van der Waals surface area contributed by atoms with Gasteiger partial charge in [-0.15, -0.1) is 10.2 Å². The molecule has 0 saturated carbocycles. The average molecular weight is 581 g/mol. The van der Waals surface area contributed by atoms with E-state index >= 15 is 4.39 Å². The Balaban J connectivity index is 1.20. The van der Waals surface area contributed by atoms with Gasteiger partial charge in [-0.05, 0) is 50.0 Å². The fraction of sp³-hybridized carbons (Fsp3) is 0.393. The monoisotopic (exact) mass is 580 g/mol. The molecule has 0 atom stereocenters. The van der Waals surface area contributed by atoms with Gasteiger partial charge >= 0.3 is 12.1 Å². The smallest absolute Gasteiger partial charge is 0.329 e. The summed E-state index contributed by atoms with van der Waals surface area (Å²) in [5, 5.41) is 13.6. The molecule has 5 aromatic rings. The van der Waals surface area contributed by atoms with E-state index in [0.29, 0.717) is 51.9 Å². The van der Waals surface area contributed by atoms with E-state index in [4.69, 9.17) is 9.15 Å². The highest BCUT2D eigenvalue weighted by Gasteiger charge is 2.30. The van der Waals surface area contributed by atoms with Crippen LogP contribution in [-0.4, -0.2) is 71.8 Å². The number of fused-ring (bicyclic) bond motifs is 1. The molecule has 2 aliphatic heterocycles. The standard InChI is InChI=1S/C28H27F3N8O3/c29-22-8-24-23(7-21(22)18-10-33-34-11-18)38(12-16-3-5-37(6-4-16)20-14-41-15-20)28(40)39(24)13-19-2-1-17(9-32-19)26-35-36-27(42-26)25(30)31/h1-2,7-11,16,20,25H,3-6,12-15H2,(H,33,34). The maximum absolute atomic E-state index is 15.4. The molecule has 0 amide bonds. The Bertz CT molecular complexity index is 1750. The summed E-state index contributed by atoms with van der Waals surface area (Å²) in [7, 11) is 0. The molecule has 0 unspecified atom stereocenters. The number of benzene rings is 1. The van der Waals surface area contributed by atoms with E-state index in [-0.39, 0.29) is 18.1 Å². The van der Waals surface area contributed by atoms with Crippen molar-refractivity contribution < 1.29 is 22.3 Å². The lowest BCUT2D eigenvalue weighted by Gasteiger charge is -2.41. The van der Waals surface area contributed by atoms with Gasteiger partial charge in [0.05, 0.1) is 54.3 Å². The number of piperidine rings is 1. The Kier molecular flexibility index (Phi) is 6.86. The van der Waals surface area contributed by atoms with Crippen molar-refractivity contribution in [3.05, 3.63) is 70.7 Å². The van der Waals surface area contributed by atoms with Crippen molar-refractivity contribution in [2.24, 2.45) is 5.92 Å². The lowest BCUT2D eigenvalue weighted by Crippen LogP contribution is -2.52. The number of aromatic amines is 1. The Labute approximate surface area is 236 Å². The number of likely N-dealkylation sites (tertiary alicyclic amines) is 1. The fourth-order valence-electron chi connectivity index (χ4n) is 5.72. The summed E-state index contributed by atoms with van der Waals surface area (Å²) in [4.78, 5) is 20.7. The van der Waals surface area contributed by atoms with Crippen molar-refractivity contribution in [2.45, 2.75) is 38.4 Å². The molecule has 0 aliphatic carbocycles. The van der Waals surface area contributed by atoms with Gasteiger partial charge in [0.1, 0.15) is 5.82 Å². The highest BCUT2D eigenvalue weighted by atomic mass is 19.3. The summed E-state index contributed by atoms with van der Waals surface area (Å²) < 4.78 is 54.6. The van der Waals surface area contributed by atoms with E-state index in [1.54, 1.807) is 35.2 Å². The van der Waals surface area contributed by atoms with Crippen molar-refractivity contribution in [3.63, 3.8) is 0 Å². The van der Waals surface area contributed by atoms with Gasteiger partial charge in [0.15, 0.2) is 0 Å². The largest absolute Gasteiger partial charge is 0.415 e. The number of aromatic nitrogens is 7. The molecule has 4 aromatic heterocycles. The molecule has 7 rings (SSSR count). The highest BCUT2D eigenvalue weighted by molar-refractivity contribution is 5.83. The minimum atomic E-state index is -2.87. The Hall–Kier alpha value is -4.30. The molecule has 2 saturated heterocycles. The molecule has 42 heavy (non-hydrogen) atoms. The molecule has 0 spiro atoms. The maximum atomic E-state index is 15.4. The van der Waals surface area contributed by atoms with Crippen molar-refractivity contribution in [1.82, 2.24) is 39.4 Å². The maximum Gasteiger partial charge on any atom is 0.329 e. The molecule has 0 radical (unpaired) electrons. The van der Waals surface area contributed by atoms with Crippen molar-refractivity contribution in [1.29, 1.82) is 0 Å². The molecule has 14 heteroatoms. The van der Waals surface area contributed by atoms with E-state index in [9.17, 15) is 13.6 Å². The molecule has 1 aromatic carbocycles. The van der Waals surface area contributed by atoms with Crippen LogP contribution in [0, 0.1) is 11.7 Å². The first-order valence-electron chi connectivity index (χ1n) is 13.7. The van der Waals surface area contributed by atoms with Gasteiger partial charge in [0.2, 0.25) is 5.89 Å². The van der Waals surface area contributed by atoms with E-state index in [0.717, 1.165) is 39.1 Å². The molecule has 218 valence electrons. The zero-order valence-electron chi connectivity index (χ0n) is 22.4.